The number of carbonyl (C=O) groups is 1. The van der Waals surface area contributed by atoms with E-state index in [9.17, 15) is 4.79 Å². The van der Waals surface area contributed by atoms with Crippen LogP contribution in [0.2, 0.25) is 0 Å². The Hall–Kier alpha value is -2.75. The summed E-state index contributed by atoms with van der Waals surface area (Å²) in [6, 6.07) is 15.8. The molecular weight excluding hydrogens is 338 g/mol. The number of anilines is 1. The summed E-state index contributed by atoms with van der Waals surface area (Å²) in [4.78, 5) is 10.5. The van der Waals surface area contributed by atoms with Crippen molar-refractivity contribution in [2.45, 2.75) is 45.6 Å². The molecule has 0 spiro atoms. The molecule has 0 saturated carbocycles. The molecule has 0 heterocycles. The largest absolute Gasteiger partial charge is 0.494 e. The van der Waals surface area contributed by atoms with Gasteiger partial charge in [-0.1, -0.05) is 56.9 Å². The highest BCUT2D eigenvalue weighted by molar-refractivity contribution is 5.85. The third-order valence-electron chi connectivity index (χ3n) is 4.27. The Bertz CT molecular complexity index is 705. The predicted octanol–water partition coefficient (Wildman–Crippen LogP) is 5.75. The highest BCUT2D eigenvalue weighted by Gasteiger charge is 1.98. The van der Waals surface area contributed by atoms with Crippen molar-refractivity contribution in [3.8, 4) is 5.75 Å². The van der Waals surface area contributed by atoms with Gasteiger partial charge in [-0.2, -0.15) is 0 Å². The van der Waals surface area contributed by atoms with Gasteiger partial charge >= 0.3 is 5.97 Å². The molecule has 0 saturated heterocycles. The number of unbranched alkanes of at least 4 members (excludes halogenated alkanes) is 4. The number of aliphatic carboxylic acids is 1. The van der Waals surface area contributed by atoms with E-state index >= 15 is 0 Å². The van der Waals surface area contributed by atoms with Gasteiger partial charge in [-0.25, -0.2) is 4.79 Å². The van der Waals surface area contributed by atoms with Gasteiger partial charge < -0.3 is 15.2 Å². The summed E-state index contributed by atoms with van der Waals surface area (Å²) in [5, 5.41) is 12.0. The number of carboxylic acids is 1. The summed E-state index contributed by atoms with van der Waals surface area (Å²) in [6.07, 6.45) is 8.93. The second kappa shape index (κ2) is 11.8. The fourth-order valence-corrected chi connectivity index (χ4v) is 2.68. The normalized spacial score (nSPS) is 10.9. The minimum atomic E-state index is -0.943. The van der Waals surface area contributed by atoms with Gasteiger partial charge in [-0.15, -0.1) is 0 Å². The van der Waals surface area contributed by atoms with Crippen molar-refractivity contribution in [1.29, 1.82) is 0 Å². The van der Waals surface area contributed by atoms with Gasteiger partial charge in [-0.3, -0.25) is 0 Å². The maximum atomic E-state index is 10.5. The highest BCUT2D eigenvalue weighted by atomic mass is 16.5. The van der Waals surface area contributed by atoms with Gasteiger partial charge in [0.1, 0.15) is 5.75 Å². The zero-order chi connectivity index (χ0) is 19.3. The van der Waals surface area contributed by atoms with Crippen LogP contribution in [-0.4, -0.2) is 17.7 Å². The summed E-state index contributed by atoms with van der Waals surface area (Å²) in [7, 11) is 0. The number of benzene rings is 2. The first-order chi connectivity index (χ1) is 13.2. The van der Waals surface area contributed by atoms with Crippen LogP contribution in [0.25, 0.3) is 6.08 Å². The summed E-state index contributed by atoms with van der Waals surface area (Å²) in [5.74, 6) is -0.0232. The lowest BCUT2D eigenvalue weighted by molar-refractivity contribution is -0.131. The smallest absolute Gasteiger partial charge is 0.328 e. The second-order valence-electron chi connectivity index (χ2n) is 6.55. The molecule has 0 radical (unpaired) electrons. The van der Waals surface area contributed by atoms with Crippen LogP contribution >= 0.6 is 0 Å². The van der Waals surface area contributed by atoms with Gasteiger partial charge in [0.25, 0.3) is 0 Å². The summed E-state index contributed by atoms with van der Waals surface area (Å²) < 4.78 is 5.79. The minimum absolute atomic E-state index is 0.724. The van der Waals surface area contributed by atoms with Crippen LogP contribution in [-0.2, 0) is 11.3 Å². The number of rotatable bonds is 12. The molecule has 144 valence electrons. The fourth-order valence-electron chi connectivity index (χ4n) is 2.68. The van der Waals surface area contributed by atoms with Crippen LogP contribution < -0.4 is 10.1 Å². The third-order valence-corrected chi connectivity index (χ3v) is 4.27. The van der Waals surface area contributed by atoms with E-state index in [4.69, 9.17) is 9.84 Å². The molecule has 4 nitrogen and oxygen atoms in total. The number of nitrogens with one attached hydrogen (secondary N) is 1. The molecular formula is C23H29NO3. The maximum absolute atomic E-state index is 10.5. The van der Waals surface area contributed by atoms with E-state index in [1.54, 1.807) is 6.08 Å². The summed E-state index contributed by atoms with van der Waals surface area (Å²) in [5.41, 5.74) is 3.04. The molecule has 0 amide bonds. The third kappa shape index (κ3) is 8.45. The van der Waals surface area contributed by atoms with Crippen LogP contribution in [0.5, 0.6) is 5.75 Å². The van der Waals surface area contributed by atoms with E-state index in [2.05, 4.69) is 24.4 Å². The number of hydrogen-bond donors (Lipinski definition) is 2. The van der Waals surface area contributed by atoms with E-state index in [0.717, 1.165) is 42.6 Å². The van der Waals surface area contributed by atoms with E-state index in [1.807, 2.05) is 36.4 Å². The van der Waals surface area contributed by atoms with Crippen molar-refractivity contribution in [3.05, 3.63) is 65.7 Å². The van der Waals surface area contributed by atoms with Crippen molar-refractivity contribution in [2.24, 2.45) is 0 Å². The van der Waals surface area contributed by atoms with Crippen LogP contribution in [0.4, 0.5) is 5.69 Å². The zero-order valence-corrected chi connectivity index (χ0v) is 16.0. The first kappa shape index (κ1) is 20.6. The van der Waals surface area contributed by atoms with Gasteiger partial charge in [0.15, 0.2) is 0 Å². The monoisotopic (exact) mass is 367 g/mol. The molecule has 0 unspecified atom stereocenters. The van der Waals surface area contributed by atoms with E-state index in [-0.39, 0.29) is 0 Å². The Morgan fingerprint density at radius 2 is 1.70 bits per heavy atom. The van der Waals surface area contributed by atoms with Gasteiger partial charge in [0, 0.05) is 18.3 Å². The number of hydrogen-bond acceptors (Lipinski definition) is 3. The van der Waals surface area contributed by atoms with Crippen LogP contribution in [0, 0.1) is 0 Å². The topological polar surface area (TPSA) is 58.6 Å². The Morgan fingerprint density at radius 3 is 2.37 bits per heavy atom. The summed E-state index contributed by atoms with van der Waals surface area (Å²) >= 11 is 0. The molecule has 2 aromatic carbocycles. The Labute approximate surface area is 161 Å². The first-order valence-electron chi connectivity index (χ1n) is 9.64. The lowest BCUT2D eigenvalue weighted by Gasteiger charge is -2.09. The van der Waals surface area contributed by atoms with Crippen molar-refractivity contribution in [3.63, 3.8) is 0 Å². The minimum Gasteiger partial charge on any atom is -0.494 e. The molecule has 27 heavy (non-hydrogen) atoms. The first-order valence-corrected chi connectivity index (χ1v) is 9.64. The lowest BCUT2D eigenvalue weighted by Crippen LogP contribution is -2.00. The number of ether oxygens (including phenoxy) is 1. The van der Waals surface area contributed by atoms with Crippen LogP contribution in [0.1, 0.15) is 50.2 Å². The van der Waals surface area contributed by atoms with Crippen molar-refractivity contribution < 1.29 is 14.6 Å². The SMILES string of the molecule is CCCCCCCOc1ccc(CNc2ccc(C=CC(=O)O)cc2)cc1. The Morgan fingerprint density at radius 1 is 1.00 bits per heavy atom. The molecule has 0 fully saturated rings. The zero-order valence-electron chi connectivity index (χ0n) is 16.0. The number of carboxylic acid groups (broad SMARTS) is 1. The molecule has 0 bridgehead atoms. The Kier molecular flexibility index (Phi) is 8.98. The lowest BCUT2D eigenvalue weighted by atomic mass is 10.1. The quantitative estimate of drug-likeness (QED) is 0.371. The molecule has 0 aromatic heterocycles. The average Bonchev–Trinajstić information content (AvgIpc) is 2.69. The van der Waals surface area contributed by atoms with Gasteiger partial charge in [-0.05, 0) is 47.9 Å². The molecule has 2 aromatic rings. The Balaban J connectivity index is 1.72. The standard InChI is InChI=1S/C23H29NO3/c1-2-3-4-5-6-17-27-22-14-9-20(10-15-22)18-24-21-12-7-19(8-13-21)11-16-23(25)26/h7-16,24H,2-6,17-18H2,1H3,(H,25,26). The van der Waals surface area contributed by atoms with E-state index in [0.29, 0.717) is 0 Å². The molecule has 0 aliphatic heterocycles. The molecule has 0 aliphatic rings. The predicted molar refractivity (Wildman–Crippen MR) is 111 cm³/mol. The van der Waals surface area contributed by atoms with Crippen LogP contribution in [0.15, 0.2) is 54.6 Å². The highest BCUT2D eigenvalue weighted by Crippen LogP contribution is 2.16. The van der Waals surface area contributed by atoms with E-state index < -0.39 is 5.97 Å². The molecule has 0 atom stereocenters. The maximum Gasteiger partial charge on any atom is 0.328 e. The average molecular weight is 367 g/mol. The van der Waals surface area contributed by atoms with Crippen molar-refractivity contribution in [1.82, 2.24) is 0 Å². The fraction of sp³-hybridized carbons (Fsp3) is 0.348. The molecule has 0 aliphatic carbocycles. The van der Waals surface area contributed by atoms with Crippen molar-refractivity contribution in [2.75, 3.05) is 11.9 Å². The van der Waals surface area contributed by atoms with Crippen LogP contribution in [0.3, 0.4) is 0 Å². The molecule has 2 N–H and O–H groups in total. The molecule has 4 heteroatoms. The van der Waals surface area contributed by atoms with Crippen molar-refractivity contribution >= 4 is 17.7 Å². The summed E-state index contributed by atoms with van der Waals surface area (Å²) in [6.45, 7) is 3.73. The van der Waals surface area contributed by atoms with E-state index in [1.165, 1.54) is 31.2 Å². The van der Waals surface area contributed by atoms with Gasteiger partial charge in [0.05, 0.1) is 6.61 Å². The second-order valence-corrected chi connectivity index (χ2v) is 6.55. The molecule has 2 rings (SSSR count). The van der Waals surface area contributed by atoms with Gasteiger partial charge in [0.2, 0.25) is 0 Å².